The van der Waals surface area contributed by atoms with E-state index in [2.05, 4.69) is 32.0 Å². The van der Waals surface area contributed by atoms with E-state index in [1.54, 1.807) is 0 Å². The van der Waals surface area contributed by atoms with Gasteiger partial charge in [0.15, 0.2) is 0 Å². The van der Waals surface area contributed by atoms with Crippen LogP contribution in [0.1, 0.15) is 48.3 Å². The van der Waals surface area contributed by atoms with Crippen molar-refractivity contribution in [2.45, 2.75) is 51.6 Å². The van der Waals surface area contributed by atoms with Crippen molar-refractivity contribution in [3.05, 3.63) is 34.9 Å². The van der Waals surface area contributed by atoms with E-state index in [1.807, 2.05) is 0 Å². The molecular weight excluding hydrogens is 184 g/mol. The van der Waals surface area contributed by atoms with Crippen molar-refractivity contribution in [1.82, 2.24) is 0 Å². The molecule has 1 nitrogen and oxygen atoms in total. The second-order valence-electron chi connectivity index (χ2n) is 4.87. The van der Waals surface area contributed by atoms with Crippen molar-refractivity contribution >= 4 is 0 Å². The lowest BCUT2D eigenvalue weighted by molar-refractivity contribution is 0.122. The second-order valence-corrected chi connectivity index (χ2v) is 4.87. The number of rotatable bonds is 1. The minimum atomic E-state index is -0.0497. The number of hydrogen-bond donors (Lipinski definition) is 1. The molecule has 0 spiro atoms. The van der Waals surface area contributed by atoms with Gasteiger partial charge in [-0.3, -0.25) is 0 Å². The predicted octanol–water partition coefficient (Wildman–Crippen LogP) is 3.32. The van der Waals surface area contributed by atoms with Crippen molar-refractivity contribution in [2.24, 2.45) is 0 Å². The van der Waals surface area contributed by atoms with Gasteiger partial charge in [0.1, 0.15) is 0 Å². The first-order valence-corrected chi connectivity index (χ1v) is 5.92. The van der Waals surface area contributed by atoms with Gasteiger partial charge in [-0.2, -0.15) is 0 Å². The quantitative estimate of drug-likeness (QED) is 0.744. The standard InChI is InChI=1S/C14H20O/c1-10-3-4-11(2)14(9-10)12-5-7-13(15)8-6-12/h3-4,9,12-13,15H,5-8H2,1-2H3. The zero-order valence-corrected chi connectivity index (χ0v) is 9.66. The van der Waals surface area contributed by atoms with Gasteiger partial charge in [-0.25, -0.2) is 0 Å². The van der Waals surface area contributed by atoms with Crippen LogP contribution in [0.5, 0.6) is 0 Å². The first-order valence-electron chi connectivity index (χ1n) is 5.92. The largest absolute Gasteiger partial charge is 0.393 e. The Balaban J connectivity index is 2.18. The molecule has 0 amide bonds. The van der Waals surface area contributed by atoms with Gasteiger partial charge in [0.2, 0.25) is 0 Å². The molecule has 1 fully saturated rings. The molecule has 1 aliphatic rings. The van der Waals surface area contributed by atoms with Gasteiger partial charge in [-0.15, -0.1) is 0 Å². The normalized spacial score (nSPS) is 26.6. The Morgan fingerprint density at radius 1 is 1.07 bits per heavy atom. The molecule has 0 radical (unpaired) electrons. The Morgan fingerprint density at radius 2 is 1.73 bits per heavy atom. The second kappa shape index (κ2) is 4.36. The molecule has 0 heterocycles. The molecule has 1 heteroatoms. The van der Waals surface area contributed by atoms with Gasteiger partial charge in [-0.05, 0) is 56.6 Å². The molecule has 0 unspecified atom stereocenters. The summed E-state index contributed by atoms with van der Waals surface area (Å²) >= 11 is 0. The maximum absolute atomic E-state index is 9.50. The summed E-state index contributed by atoms with van der Waals surface area (Å²) in [5.41, 5.74) is 4.26. The fourth-order valence-electron chi connectivity index (χ4n) is 2.59. The van der Waals surface area contributed by atoms with Crippen LogP contribution in [0.2, 0.25) is 0 Å². The molecule has 0 saturated heterocycles. The van der Waals surface area contributed by atoms with Gasteiger partial charge < -0.3 is 5.11 Å². The minimum absolute atomic E-state index is 0.0497. The third kappa shape index (κ3) is 2.40. The summed E-state index contributed by atoms with van der Waals surface area (Å²) < 4.78 is 0. The zero-order valence-electron chi connectivity index (χ0n) is 9.66. The van der Waals surface area contributed by atoms with E-state index in [0.717, 1.165) is 25.7 Å². The van der Waals surface area contributed by atoms with Crippen LogP contribution >= 0.6 is 0 Å². The van der Waals surface area contributed by atoms with Crippen LogP contribution in [0.3, 0.4) is 0 Å². The molecule has 1 aromatic carbocycles. The molecule has 0 aliphatic heterocycles. The van der Waals surface area contributed by atoms with Gasteiger partial charge in [0.05, 0.1) is 6.10 Å². The Labute approximate surface area is 92.1 Å². The third-order valence-electron chi connectivity index (χ3n) is 3.57. The Kier molecular flexibility index (Phi) is 3.11. The number of aliphatic hydroxyl groups is 1. The van der Waals surface area contributed by atoms with E-state index in [-0.39, 0.29) is 6.10 Å². The predicted molar refractivity (Wildman–Crippen MR) is 63.1 cm³/mol. The average molecular weight is 204 g/mol. The molecule has 2 rings (SSSR count). The number of benzene rings is 1. The monoisotopic (exact) mass is 204 g/mol. The minimum Gasteiger partial charge on any atom is -0.393 e. The van der Waals surface area contributed by atoms with Crippen LogP contribution in [0.4, 0.5) is 0 Å². The summed E-state index contributed by atoms with van der Waals surface area (Å²) in [5.74, 6) is 0.674. The molecule has 0 atom stereocenters. The van der Waals surface area contributed by atoms with Crippen LogP contribution in [0.15, 0.2) is 18.2 Å². The average Bonchev–Trinajstić information content (AvgIpc) is 2.23. The van der Waals surface area contributed by atoms with E-state index in [4.69, 9.17) is 0 Å². The first-order chi connectivity index (χ1) is 7.16. The van der Waals surface area contributed by atoms with E-state index in [1.165, 1.54) is 16.7 Å². The Morgan fingerprint density at radius 3 is 2.40 bits per heavy atom. The highest BCUT2D eigenvalue weighted by atomic mass is 16.3. The van der Waals surface area contributed by atoms with Crippen LogP contribution in [0.25, 0.3) is 0 Å². The van der Waals surface area contributed by atoms with E-state index < -0.39 is 0 Å². The molecule has 82 valence electrons. The maximum Gasteiger partial charge on any atom is 0.0540 e. The highest BCUT2D eigenvalue weighted by Gasteiger charge is 2.21. The Bertz CT molecular complexity index is 335. The highest BCUT2D eigenvalue weighted by Crippen LogP contribution is 2.34. The van der Waals surface area contributed by atoms with Crippen molar-refractivity contribution in [3.8, 4) is 0 Å². The molecule has 1 N–H and O–H groups in total. The molecule has 1 aliphatic carbocycles. The number of aryl methyl sites for hydroxylation is 2. The SMILES string of the molecule is Cc1ccc(C)c(C2CCC(O)CC2)c1. The van der Waals surface area contributed by atoms with Crippen LogP contribution in [0, 0.1) is 13.8 Å². The van der Waals surface area contributed by atoms with Crippen molar-refractivity contribution in [3.63, 3.8) is 0 Å². The maximum atomic E-state index is 9.50. The lowest BCUT2D eigenvalue weighted by atomic mass is 9.81. The lowest BCUT2D eigenvalue weighted by Gasteiger charge is -2.27. The molecule has 1 saturated carbocycles. The summed E-state index contributed by atoms with van der Waals surface area (Å²) in [5, 5.41) is 9.50. The first kappa shape index (κ1) is 10.7. The van der Waals surface area contributed by atoms with E-state index in [9.17, 15) is 5.11 Å². The Hall–Kier alpha value is -0.820. The molecular formula is C14H20O. The van der Waals surface area contributed by atoms with Crippen LogP contribution in [-0.2, 0) is 0 Å². The molecule has 0 aromatic heterocycles. The van der Waals surface area contributed by atoms with E-state index >= 15 is 0 Å². The van der Waals surface area contributed by atoms with Crippen LogP contribution < -0.4 is 0 Å². The smallest absolute Gasteiger partial charge is 0.0540 e. The van der Waals surface area contributed by atoms with Crippen molar-refractivity contribution in [2.75, 3.05) is 0 Å². The zero-order chi connectivity index (χ0) is 10.8. The summed E-state index contributed by atoms with van der Waals surface area (Å²) in [7, 11) is 0. The molecule has 0 bridgehead atoms. The number of aliphatic hydroxyl groups excluding tert-OH is 1. The summed E-state index contributed by atoms with van der Waals surface area (Å²) in [6, 6.07) is 6.71. The molecule has 15 heavy (non-hydrogen) atoms. The fraction of sp³-hybridized carbons (Fsp3) is 0.571. The summed E-state index contributed by atoms with van der Waals surface area (Å²) in [6.07, 6.45) is 4.18. The molecule has 1 aromatic rings. The van der Waals surface area contributed by atoms with Gasteiger partial charge in [0.25, 0.3) is 0 Å². The van der Waals surface area contributed by atoms with Crippen molar-refractivity contribution in [1.29, 1.82) is 0 Å². The van der Waals surface area contributed by atoms with Crippen LogP contribution in [-0.4, -0.2) is 11.2 Å². The van der Waals surface area contributed by atoms with Gasteiger partial charge in [-0.1, -0.05) is 23.8 Å². The summed E-state index contributed by atoms with van der Waals surface area (Å²) in [4.78, 5) is 0. The number of hydrogen-bond acceptors (Lipinski definition) is 1. The topological polar surface area (TPSA) is 20.2 Å². The van der Waals surface area contributed by atoms with Crippen molar-refractivity contribution < 1.29 is 5.11 Å². The van der Waals surface area contributed by atoms with Gasteiger partial charge >= 0.3 is 0 Å². The summed E-state index contributed by atoms with van der Waals surface area (Å²) in [6.45, 7) is 4.35. The third-order valence-corrected chi connectivity index (χ3v) is 3.57. The highest BCUT2D eigenvalue weighted by molar-refractivity contribution is 5.33. The van der Waals surface area contributed by atoms with E-state index in [0.29, 0.717) is 5.92 Å². The van der Waals surface area contributed by atoms with Gasteiger partial charge in [0, 0.05) is 0 Å². The lowest BCUT2D eigenvalue weighted by Crippen LogP contribution is -2.17. The fourth-order valence-corrected chi connectivity index (χ4v) is 2.59.